The van der Waals surface area contributed by atoms with Gasteiger partial charge in [0.2, 0.25) is 17.7 Å². The third-order valence-corrected chi connectivity index (χ3v) is 5.57. The highest BCUT2D eigenvalue weighted by atomic mass is 16.4. The number of carbonyl (C=O) groups excluding carboxylic acids is 3. The highest BCUT2D eigenvalue weighted by Gasteiger charge is 2.39. The van der Waals surface area contributed by atoms with Crippen LogP contribution in [0.2, 0.25) is 0 Å². The summed E-state index contributed by atoms with van der Waals surface area (Å²) in [5, 5.41) is 34.6. The van der Waals surface area contributed by atoms with E-state index in [0.717, 1.165) is 12.8 Å². The van der Waals surface area contributed by atoms with Crippen molar-refractivity contribution in [2.24, 2.45) is 11.1 Å². The van der Waals surface area contributed by atoms with Crippen LogP contribution in [-0.4, -0.2) is 63.8 Å². The van der Waals surface area contributed by atoms with Gasteiger partial charge < -0.3 is 31.7 Å². The number of aliphatic carboxylic acids is 1. The van der Waals surface area contributed by atoms with Crippen LogP contribution < -0.4 is 16.4 Å². The van der Waals surface area contributed by atoms with Crippen molar-refractivity contribution < 1.29 is 34.5 Å². The topological polar surface area (TPSA) is 179 Å². The Morgan fingerprint density at radius 2 is 1.79 bits per heavy atom. The molecule has 10 nitrogen and oxygen atoms in total. The van der Waals surface area contributed by atoms with Gasteiger partial charge in [0, 0.05) is 31.4 Å². The molecular weight excluding hydrogens is 382 g/mol. The summed E-state index contributed by atoms with van der Waals surface area (Å²) in [6.07, 6.45) is 1.63. The molecule has 0 saturated heterocycles. The van der Waals surface area contributed by atoms with E-state index < -0.39 is 47.4 Å². The van der Waals surface area contributed by atoms with Gasteiger partial charge in [0.25, 0.3) is 0 Å². The van der Waals surface area contributed by atoms with Crippen LogP contribution in [0.5, 0.6) is 0 Å². The quantitative estimate of drug-likeness (QED) is 0.280. The summed E-state index contributed by atoms with van der Waals surface area (Å²) >= 11 is 0. The summed E-state index contributed by atoms with van der Waals surface area (Å²) < 4.78 is 0. The Bertz CT molecular complexity index is 685. The van der Waals surface area contributed by atoms with Crippen molar-refractivity contribution >= 4 is 23.7 Å². The Morgan fingerprint density at radius 1 is 1.14 bits per heavy atom. The molecular formula is C19H29N3O7. The summed E-state index contributed by atoms with van der Waals surface area (Å²) in [7, 11) is 0. The second-order valence-corrected chi connectivity index (χ2v) is 7.97. The van der Waals surface area contributed by atoms with Gasteiger partial charge in [0.1, 0.15) is 6.10 Å². The van der Waals surface area contributed by atoms with Gasteiger partial charge in [-0.3, -0.25) is 19.2 Å². The van der Waals surface area contributed by atoms with Crippen molar-refractivity contribution in [2.75, 3.05) is 6.54 Å². The molecule has 0 unspecified atom stereocenters. The zero-order valence-electron chi connectivity index (χ0n) is 16.2. The molecule has 0 aromatic carbocycles. The first-order chi connectivity index (χ1) is 13.6. The molecule has 3 atom stereocenters. The number of primary amides is 1. The predicted octanol–water partition coefficient (Wildman–Crippen LogP) is -1.06. The lowest BCUT2D eigenvalue weighted by molar-refractivity contribution is -0.140. The highest BCUT2D eigenvalue weighted by Crippen LogP contribution is 2.44. The normalized spacial score (nSPS) is 25.7. The van der Waals surface area contributed by atoms with E-state index in [0.29, 0.717) is 12.8 Å². The fourth-order valence-electron chi connectivity index (χ4n) is 4.12. The lowest BCUT2D eigenvalue weighted by Crippen LogP contribution is -2.51. The average molecular weight is 411 g/mol. The Balaban J connectivity index is 2.02. The van der Waals surface area contributed by atoms with Crippen LogP contribution in [0.15, 0.2) is 11.6 Å². The number of carboxylic acid groups (broad SMARTS) is 1. The first kappa shape index (κ1) is 22.8. The van der Waals surface area contributed by atoms with Gasteiger partial charge in [-0.2, -0.15) is 0 Å². The molecule has 7 N–H and O–H groups in total. The van der Waals surface area contributed by atoms with Gasteiger partial charge in [-0.1, -0.05) is 18.9 Å². The largest absolute Gasteiger partial charge is 0.481 e. The van der Waals surface area contributed by atoms with Crippen LogP contribution in [0.3, 0.4) is 0 Å². The van der Waals surface area contributed by atoms with Crippen molar-refractivity contribution in [1.82, 2.24) is 10.6 Å². The van der Waals surface area contributed by atoms with E-state index in [1.54, 1.807) is 0 Å². The smallest absolute Gasteiger partial charge is 0.303 e. The zero-order chi connectivity index (χ0) is 21.6. The summed E-state index contributed by atoms with van der Waals surface area (Å²) in [6, 6.07) is -0.980. The summed E-state index contributed by atoms with van der Waals surface area (Å²) in [5.74, 6) is -2.47. The lowest BCUT2D eigenvalue weighted by Gasteiger charge is -2.32. The van der Waals surface area contributed by atoms with Crippen molar-refractivity contribution in [3.8, 4) is 0 Å². The molecule has 0 aromatic heterocycles. The number of amides is 3. The number of nitrogens with two attached hydrogens (primary N) is 1. The maximum atomic E-state index is 12.6. The van der Waals surface area contributed by atoms with Crippen molar-refractivity contribution in [3.63, 3.8) is 0 Å². The number of carbonyl (C=O) groups is 4. The van der Waals surface area contributed by atoms with E-state index in [-0.39, 0.29) is 37.8 Å². The minimum atomic E-state index is -1.29. The first-order valence-corrected chi connectivity index (χ1v) is 9.76. The Labute approximate surface area is 168 Å². The van der Waals surface area contributed by atoms with Gasteiger partial charge >= 0.3 is 5.97 Å². The minimum absolute atomic E-state index is 0.00654. The number of rotatable bonds is 9. The van der Waals surface area contributed by atoms with Gasteiger partial charge in [0.15, 0.2) is 0 Å². The second kappa shape index (κ2) is 9.84. The molecule has 2 aliphatic carbocycles. The van der Waals surface area contributed by atoms with Crippen LogP contribution in [0.25, 0.3) is 0 Å². The molecule has 10 heteroatoms. The fraction of sp³-hybridized carbons (Fsp3) is 0.684. The molecule has 29 heavy (non-hydrogen) atoms. The Kier molecular flexibility index (Phi) is 7.74. The highest BCUT2D eigenvalue weighted by molar-refractivity contribution is 5.94. The van der Waals surface area contributed by atoms with E-state index in [1.165, 1.54) is 6.08 Å². The van der Waals surface area contributed by atoms with Crippen LogP contribution in [0.1, 0.15) is 51.4 Å². The van der Waals surface area contributed by atoms with Crippen molar-refractivity contribution in [1.29, 1.82) is 0 Å². The number of hydrogen-bond donors (Lipinski definition) is 6. The molecule has 0 aliphatic heterocycles. The van der Waals surface area contributed by atoms with Crippen molar-refractivity contribution in [3.05, 3.63) is 11.6 Å². The standard InChI is InChI=1S/C19H29N3O7/c20-14(24)3-6-21-18(29)11-7-12(17(28)13(23)8-11)22-15(25)9-19(10-16(26)27)4-1-2-5-19/h7,12-13,17,23,28H,1-6,8-10H2,(H2,20,24)(H,21,29)(H,22,25)(H,26,27)/t12-,13-,17-/m1/s1. The maximum Gasteiger partial charge on any atom is 0.303 e. The number of nitrogens with one attached hydrogen (secondary N) is 2. The molecule has 1 fully saturated rings. The van der Waals surface area contributed by atoms with Crippen molar-refractivity contribution in [2.45, 2.75) is 69.6 Å². The van der Waals surface area contributed by atoms with Gasteiger partial charge in [-0.15, -0.1) is 0 Å². The van der Waals surface area contributed by atoms with Gasteiger partial charge in [0.05, 0.1) is 18.6 Å². The fourth-order valence-corrected chi connectivity index (χ4v) is 4.12. The number of carboxylic acids is 1. The van der Waals surface area contributed by atoms with Crippen LogP contribution >= 0.6 is 0 Å². The Hall–Kier alpha value is -2.46. The van der Waals surface area contributed by atoms with E-state index in [9.17, 15) is 29.4 Å². The minimum Gasteiger partial charge on any atom is -0.481 e. The molecule has 0 radical (unpaired) electrons. The molecule has 162 valence electrons. The molecule has 1 saturated carbocycles. The van der Waals surface area contributed by atoms with Gasteiger partial charge in [-0.05, 0) is 18.3 Å². The average Bonchev–Trinajstić information content (AvgIpc) is 3.05. The van der Waals surface area contributed by atoms with Crippen LogP contribution in [0.4, 0.5) is 0 Å². The third kappa shape index (κ3) is 6.53. The molecule has 0 spiro atoms. The maximum absolute atomic E-state index is 12.6. The molecule has 0 aromatic rings. The van der Waals surface area contributed by atoms with E-state index >= 15 is 0 Å². The monoisotopic (exact) mass is 411 g/mol. The molecule has 2 aliphatic rings. The number of aliphatic hydroxyl groups excluding tert-OH is 2. The second-order valence-electron chi connectivity index (χ2n) is 7.97. The summed E-state index contributed by atoms with van der Waals surface area (Å²) in [5.41, 5.74) is 4.59. The van der Waals surface area contributed by atoms with Gasteiger partial charge in [-0.25, -0.2) is 0 Å². The first-order valence-electron chi connectivity index (χ1n) is 9.76. The van der Waals surface area contributed by atoms with E-state index in [1.807, 2.05) is 0 Å². The molecule has 0 bridgehead atoms. The number of hydrogen-bond acceptors (Lipinski definition) is 6. The zero-order valence-corrected chi connectivity index (χ0v) is 16.2. The predicted molar refractivity (Wildman–Crippen MR) is 101 cm³/mol. The van der Waals surface area contributed by atoms with Crippen LogP contribution in [0, 0.1) is 5.41 Å². The lowest BCUT2D eigenvalue weighted by atomic mass is 9.79. The van der Waals surface area contributed by atoms with E-state index in [4.69, 9.17) is 10.8 Å². The molecule has 2 rings (SSSR count). The third-order valence-electron chi connectivity index (χ3n) is 5.57. The SMILES string of the molecule is NC(=O)CCNC(=O)C1=C[C@@H](NC(=O)CC2(CC(=O)O)CCCC2)[C@@H](O)[C@H](O)C1. The molecule has 3 amide bonds. The Morgan fingerprint density at radius 3 is 2.38 bits per heavy atom. The summed E-state index contributed by atoms with van der Waals surface area (Å²) in [4.78, 5) is 46.7. The van der Waals surface area contributed by atoms with E-state index in [2.05, 4.69) is 10.6 Å². The number of aliphatic hydroxyl groups is 2. The summed E-state index contributed by atoms with van der Waals surface area (Å²) in [6.45, 7) is 0.0406. The van der Waals surface area contributed by atoms with Crippen LogP contribution in [-0.2, 0) is 19.2 Å². The molecule has 0 heterocycles.